The average Bonchev–Trinajstić information content (AvgIpc) is 2.37. The fourth-order valence-corrected chi connectivity index (χ4v) is 2.26. The Hall–Kier alpha value is -1.16. The van der Waals surface area contributed by atoms with Gasteiger partial charge in [0.15, 0.2) is 5.82 Å². The van der Waals surface area contributed by atoms with Crippen LogP contribution in [0.5, 0.6) is 0 Å². The quantitative estimate of drug-likeness (QED) is 0.823. The van der Waals surface area contributed by atoms with Crippen LogP contribution in [0.3, 0.4) is 0 Å². The van der Waals surface area contributed by atoms with Gasteiger partial charge in [0.2, 0.25) is 0 Å². The van der Waals surface area contributed by atoms with Gasteiger partial charge in [0.25, 0.3) is 0 Å². The Kier molecular flexibility index (Phi) is 4.40. The Morgan fingerprint density at radius 3 is 2.32 bits per heavy atom. The molecule has 1 aromatic heterocycles. The van der Waals surface area contributed by atoms with Crippen LogP contribution in [0.25, 0.3) is 0 Å². The molecular weight excluding hydrogens is 305 g/mol. The average molecular weight is 317 g/mol. The molecule has 6 heteroatoms. The number of anilines is 3. The number of pyridine rings is 1. The highest BCUT2D eigenvalue weighted by atomic mass is 35.5. The molecule has 1 heterocycles. The molecule has 0 radical (unpaired) electrons. The molecule has 0 fully saturated rings. The molecule has 2 N–H and O–H groups in total. The second-order valence-corrected chi connectivity index (χ2v) is 5.23. The molecule has 2 rings (SSSR count). The summed E-state index contributed by atoms with van der Waals surface area (Å²) in [4.78, 5) is 4.31. The third-order valence-electron chi connectivity index (χ3n) is 2.54. The highest BCUT2D eigenvalue weighted by Gasteiger charge is 2.10. The molecule has 100 valence electrons. The zero-order valence-corrected chi connectivity index (χ0v) is 12.7. The van der Waals surface area contributed by atoms with Gasteiger partial charge in [-0.05, 0) is 30.7 Å². The van der Waals surface area contributed by atoms with Gasteiger partial charge in [0, 0.05) is 7.05 Å². The first kappa shape index (κ1) is 14.3. The van der Waals surface area contributed by atoms with Crippen molar-refractivity contribution >= 4 is 52.1 Å². The van der Waals surface area contributed by atoms with E-state index in [-0.39, 0.29) is 0 Å². The second kappa shape index (κ2) is 5.87. The largest absolute Gasteiger partial charge is 0.372 e. The van der Waals surface area contributed by atoms with Crippen LogP contribution in [0.4, 0.5) is 17.3 Å². The van der Waals surface area contributed by atoms with Crippen molar-refractivity contribution in [1.29, 1.82) is 0 Å². The summed E-state index contributed by atoms with van der Waals surface area (Å²) in [6.07, 6.45) is 0. The van der Waals surface area contributed by atoms with Crippen molar-refractivity contribution < 1.29 is 0 Å². The number of rotatable bonds is 3. The number of halogens is 3. The van der Waals surface area contributed by atoms with Gasteiger partial charge in [-0.1, -0.05) is 40.9 Å². The molecule has 2 aromatic rings. The second-order valence-electron chi connectivity index (χ2n) is 4.01. The Morgan fingerprint density at radius 2 is 1.63 bits per heavy atom. The van der Waals surface area contributed by atoms with Gasteiger partial charge < -0.3 is 10.6 Å². The summed E-state index contributed by atoms with van der Waals surface area (Å²) in [5, 5.41) is 7.51. The molecule has 3 nitrogen and oxygen atoms in total. The molecule has 1 aromatic carbocycles. The van der Waals surface area contributed by atoms with E-state index in [1.165, 1.54) is 0 Å². The Balaban J connectivity index is 2.40. The molecule has 0 aliphatic rings. The number of nitrogens with one attached hydrogen (secondary N) is 2. The molecule has 0 aliphatic carbocycles. The summed E-state index contributed by atoms with van der Waals surface area (Å²) in [6, 6.07) is 7.31. The first-order valence-electron chi connectivity index (χ1n) is 5.58. The van der Waals surface area contributed by atoms with E-state index >= 15 is 0 Å². The van der Waals surface area contributed by atoms with E-state index in [4.69, 9.17) is 34.8 Å². The minimum absolute atomic E-state index is 0.432. The van der Waals surface area contributed by atoms with Gasteiger partial charge in [0.05, 0.1) is 20.8 Å². The molecular formula is C13H12Cl3N3. The van der Waals surface area contributed by atoms with E-state index in [9.17, 15) is 0 Å². The van der Waals surface area contributed by atoms with Crippen LogP contribution in [0.2, 0.25) is 15.1 Å². The lowest BCUT2D eigenvalue weighted by atomic mass is 10.2. The first-order valence-corrected chi connectivity index (χ1v) is 6.71. The fourth-order valence-electron chi connectivity index (χ4n) is 1.59. The number of aryl methyl sites for hydroxylation is 1. The molecule has 0 aliphatic heterocycles. The molecule has 0 spiro atoms. The summed E-state index contributed by atoms with van der Waals surface area (Å²) in [5.74, 6) is 1.06. The smallest absolute Gasteiger partial charge is 0.151 e. The van der Waals surface area contributed by atoms with Crippen molar-refractivity contribution in [3.8, 4) is 0 Å². The van der Waals surface area contributed by atoms with Crippen molar-refractivity contribution in [2.45, 2.75) is 6.92 Å². The minimum atomic E-state index is 0.432. The number of hydrogen-bond acceptors (Lipinski definition) is 3. The third kappa shape index (κ3) is 3.24. The molecule has 0 saturated heterocycles. The highest BCUT2D eigenvalue weighted by Crippen LogP contribution is 2.33. The van der Waals surface area contributed by atoms with Crippen LogP contribution in [-0.4, -0.2) is 12.0 Å². The summed E-state index contributed by atoms with van der Waals surface area (Å²) in [5.41, 5.74) is 1.84. The van der Waals surface area contributed by atoms with Gasteiger partial charge in [-0.25, -0.2) is 4.98 Å². The van der Waals surface area contributed by atoms with Crippen LogP contribution in [0.15, 0.2) is 24.3 Å². The summed E-state index contributed by atoms with van der Waals surface area (Å²) in [6.45, 7) is 1.98. The maximum absolute atomic E-state index is 6.13. The van der Waals surface area contributed by atoms with E-state index in [0.717, 1.165) is 11.3 Å². The molecule has 0 saturated carbocycles. The summed E-state index contributed by atoms with van der Waals surface area (Å²) in [7, 11) is 1.74. The van der Waals surface area contributed by atoms with Crippen LogP contribution in [0, 0.1) is 6.92 Å². The van der Waals surface area contributed by atoms with Crippen LogP contribution in [-0.2, 0) is 0 Å². The number of benzene rings is 1. The van der Waals surface area contributed by atoms with E-state index in [1.54, 1.807) is 13.1 Å². The number of nitrogens with zero attached hydrogens (tertiary/aromatic N) is 1. The predicted molar refractivity (Wildman–Crippen MR) is 83.3 cm³/mol. The zero-order chi connectivity index (χ0) is 14.0. The SMILES string of the molecule is CNc1nc(Nc2cc(C)ccc2Cl)c(Cl)cc1Cl. The van der Waals surface area contributed by atoms with E-state index in [2.05, 4.69) is 15.6 Å². The Labute approximate surface area is 126 Å². The van der Waals surface area contributed by atoms with Crippen molar-refractivity contribution in [2.75, 3.05) is 17.7 Å². The first-order chi connectivity index (χ1) is 9.01. The monoisotopic (exact) mass is 315 g/mol. The maximum atomic E-state index is 6.13. The lowest BCUT2D eigenvalue weighted by Gasteiger charge is -2.12. The van der Waals surface area contributed by atoms with Gasteiger partial charge in [-0.15, -0.1) is 0 Å². The van der Waals surface area contributed by atoms with E-state index < -0.39 is 0 Å². The topological polar surface area (TPSA) is 37.0 Å². The molecule has 0 unspecified atom stereocenters. The third-order valence-corrected chi connectivity index (χ3v) is 3.45. The zero-order valence-electron chi connectivity index (χ0n) is 10.4. The molecule has 0 atom stereocenters. The summed E-state index contributed by atoms with van der Waals surface area (Å²) < 4.78 is 0. The molecule has 19 heavy (non-hydrogen) atoms. The molecule has 0 bridgehead atoms. The van der Waals surface area contributed by atoms with Crippen molar-refractivity contribution in [2.24, 2.45) is 0 Å². The number of hydrogen-bond donors (Lipinski definition) is 2. The fraction of sp³-hybridized carbons (Fsp3) is 0.154. The van der Waals surface area contributed by atoms with Crippen molar-refractivity contribution in [3.63, 3.8) is 0 Å². The predicted octanol–water partition coefficient (Wildman–Crippen LogP) is 5.14. The van der Waals surface area contributed by atoms with Gasteiger partial charge in [0.1, 0.15) is 5.82 Å². The normalized spacial score (nSPS) is 10.4. The van der Waals surface area contributed by atoms with Crippen molar-refractivity contribution in [1.82, 2.24) is 4.98 Å². The van der Waals surface area contributed by atoms with E-state index in [1.807, 2.05) is 25.1 Å². The summed E-state index contributed by atoms with van der Waals surface area (Å²) >= 11 is 18.2. The lowest BCUT2D eigenvalue weighted by Crippen LogP contribution is -2.00. The molecule has 0 amide bonds. The number of aromatic nitrogens is 1. The van der Waals surface area contributed by atoms with Crippen molar-refractivity contribution in [3.05, 3.63) is 44.9 Å². The maximum Gasteiger partial charge on any atom is 0.151 e. The Morgan fingerprint density at radius 1 is 0.947 bits per heavy atom. The van der Waals surface area contributed by atoms with Gasteiger partial charge in [-0.3, -0.25) is 0 Å². The van der Waals surface area contributed by atoms with Crippen LogP contribution < -0.4 is 10.6 Å². The van der Waals surface area contributed by atoms with E-state index in [0.29, 0.717) is 26.7 Å². The van der Waals surface area contributed by atoms with Gasteiger partial charge in [-0.2, -0.15) is 0 Å². The standard InChI is InChI=1S/C13H12Cl3N3/c1-7-3-4-8(14)11(5-7)18-13-10(16)6-9(15)12(17-2)19-13/h3-6H,1-2H3,(H2,17,18,19). The van der Waals surface area contributed by atoms with Gasteiger partial charge >= 0.3 is 0 Å². The van der Waals surface area contributed by atoms with Crippen LogP contribution in [0.1, 0.15) is 5.56 Å². The van der Waals surface area contributed by atoms with Crippen LogP contribution >= 0.6 is 34.8 Å². The Bertz CT molecular complexity index is 614. The lowest BCUT2D eigenvalue weighted by molar-refractivity contribution is 1.27. The minimum Gasteiger partial charge on any atom is -0.372 e. The highest BCUT2D eigenvalue weighted by molar-refractivity contribution is 6.37.